The second kappa shape index (κ2) is 6.58. The molecule has 0 spiro atoms. The number of hydrogen-bond acceptors (Lipinski definition) is 3. The summed E-state index contributed by atoms with van der Waals surface area (Å²) in [6, 6.07) is 14.8. The highest BCUT2D eigenvalue weighted by molar-refractivity contribution is 6.14. The van der Waals surface area contributed by atoms with E-state index in [9.17, 15) is 9.59 Å². The summed E-state index contributed by atoms with van der Waals surface area (Å²) in [7, 11) is 0. The van der Waals surface area contributed by atoms with Gasteiger partial charge >= 0.3 is 0 Å². The van der Waals surface area contributed by atoms with Crippen LogP contribution < -0.4 is 10.6 Å². The maximum absolute atomic E-state index is 12.6. The minimum atomic E-state index is -0.404. The first-order valence-electron chi connectivity index (χ1n) is 7.78. The Morgan fingerprint density at radius 1 is 1.00 bits per heavy atom. The molecule has 0 radical (unpaired) electrons. The molecule has 1 heterocycles. The Kier molecular flexibility index (Phi) is 4.33. The highest BCUT2D eigenvalue weighted by atomic mass is 16.3. The molecule has 1 aromatic heterocycles. The summed E-state index contributed by atoms with van der Waals surface area (Å²) in [5.41, 5.74) is 2.80. The number of hydrogen-bond donors (Lipinski definition) is 2. The number of anilines is 2. The van der Waals surface area contributed by atoms with E-state index in [1.54, 1.807) is 12.1 Å². The van der Waals surface area contributed by atoms with Gasteiger partial charge in [-0.1, -0.05) is 31.2 Å². The number of furan rings is 1. The Labute approximate surface area is 139 Å². The lowest BCUT2D eigenvalue weighted by Crippen LogP contribution is -2.15. The second-order valence-electron chi connectivity index (χ2n) is 5.49. The zero-order valence-electron chi connectivity index (χ0n) is 13.6. The quantitative estimate of drug-likeness (QED) is 0.756. The summed E-state index contributed by atoms with van der Waals surface area (Å²) >= 11 is 0. The molecular formula is C19H18N2O3. The molecule has 0 fully saturated rings. The summed E-state index contributed by atoms with van der Waals surface area (Å²) in [5, 5.41) is 6.18. The van der Waals surface area contributed by atoms with Crippen LogP contribution in [0.2, 0.25) is 0 Å². The van der Waals surface area contributed by atoms with E-state index in [4.69, 9.17) is 4.42 Å². The Hall–Kier alpha value is -3.08. The van der Waals surface area contributed by atoms with Gasteiger partial charge in [0, 0.05) is 18.0 Å². The number of nitrogens with one attached hydrogen (secondary N) is 2. The largest absolute Gasteiger partial charge is 0.449 e. The molecule has 122 valence electrons. The highest BCUT2D eigenvalue weighted by Crippen LogP contribution is 2.31. The standard InChI is InChI=1S/C19H18N2O3/c1-3-13-8-10-14(11-9-13)21-19(23)18-17(20-12(2)22)15-6-4-5-7-16(15)24-18/h4-11H,3H2,1-2H3,(H,20,22)(H,21,23). The van der Waals surface area contributed by atoms with Gasteiger partial charge in [0.15, 0.2) is 0 Å². The van der Waals surface area contributed by atoms with Crippen LogP contribution in [0, 0.1) is 0 Å². The molecule has 0 unspecified atom stereocenters. The maximum Gasteiger partial charge on any atom is 0.293 e. The number of carbonyl (C=O) groups is 2. The van der Waals surface area contributed by atoms with Crippen LogP contribution in [0.1, 0.15) is 30.0 Å². The van der Waals surface area contributed by atoms with E-state index < -0.39 is 5.91 Å². The van der Waals surface area contributed by atoms with Gasteiger partial charge in [-0.3, -0.25) is 9.59 Å². The molecule has 0 bridgehead atoms. The zero-order chi connectivity index (χ0) is 17.1. The minimum absolute atomic E-state index is 0.0889. The first-order valence-corrected chi connectivity index (χ1v) is 7.78. The van der Waals surface area contributed by atoms with Gasteiger partial charge in [-0.2, -0.15) is 0 Å². The molecule has 24 heavy (non-hydrogen) atoms. The molecule has 0 saturated heterocycles. The van der Waals surface area contributed by atoms with Crippen molar-refractivity contribution >= 4 is 34.2 Å². The molecule has 5 heteroatoms. The van der Waals surface area contributed by atoms with Gasteiger partial charge < -0.3 is 15.1 Å². The SMILES string of the molecule is CCc1ccc(NC(=O)c2oc3ccccc3c2NC(C)=O)cc1. The summed E-state index contributed by atoms with van der Waals surface area (Å²) in [5.74, 6) is -0.576. The number of fused-ring (bicyclic) bond motifs is 1. The van der Waals surface area contributed by atoms with Crippen molar-refractivity contribution in [3.63, 3.8) is 0 Å². The van der Waals surface area contributed by atoms with E-state index >= 15 is 0 Å². The smallest absolute Gasteiger partial charge is 0.293 e. The molecule has 2 amide bonds. The number of para-hydroxylation sites is 1. The number of benzene rings is 2. The third-order valence-corrected chi connectivity index (χ3v) is 3.72. The van der Waals surface area contributed by atoms with E-state index in [2.05, 4.69) is 17.6 Å². The number of rotatable bonds is 4. The van der Waals surface area contributed by atoms with E-state index in [1.807, 2.05) is 36.4 Å². The lowest BCUT2D eigenvalue weighted by atomic mass is 10.1. The van der Waals surface area contributed by atoms with Crippen molar-refractivity contribution in [2.45, 2.75) is 20.3 Å². The predicted molar refractivity (Wildman–Crippen MR) is 94.3 cm³/mol. The average Bonchev–Trinajstić information content (AvgIpc) is 2.94. The van der Waals surface area contributed by atoms with Crippen LogP contribution in [0.5, 0.6) is 0 Å². The number of aryl methyl sites for hydroxylation is 1. The van der Waals surface area contributed by atoms with Gasteiger partial charge in [0.2, 0.25) is 11.7 Å². The average molecular weight is 322 g/mol. The van der Waals surface area contributed by atoms with Crippen LogP contribution in [0.25, 0.3) is 11.0 Å². The van der Waals surface area contributed by atoms with E-state index in [-0.39, 0.29) is 11.7 Å². The fourth-order valence-electron chi connectivity index (χ4n) is 2.52. The lowest BCUT2D eigenvalue weighted by Gasteiger charge is -2.06. The van der Waals surface area contributed by atoms with Crippen LogP contribution in [0.3, 0.4) is 0 Å². The van der Waals surface area contributed by atoms with Crippen molar-refractivity contribution in [3.05, 3.63) is 59.9 Å². The molecule has 0 aliphatic heterocycles. The third-order valence-electron chi connectivity index (χ3n) is 3.72. The number of amides is 2. The van der Waals surface area contributed by atoms with E-state index in [1.165, 1.54) is 12.5 Å². The number of carbonyl (C=O) groups excluding carboxylic acids is 2. The fourth-order valence-corrected chi connectivity index (χ4v) is 2.52. The zero-order valence-corrected chi connectivity index (χ0v) is 13.6. The Morgan fingerprint density at radius 3 is 2.38 bits per heavy atom. The van der Waals surface area contributed by atoms with Crippen LogP contribution in [0.15, 0.2) is 52.9 Å². The van der Waals surface area contributed by atoms with E-state index in [0.717, 1.165) is 6.42 Å². The second-order valence-corrected chi connectivity index (χ2v) is 5.49. The maximum atomic E-state index is 12.6. The molecule has 0 aliphatic rings. The lowest BCUT2D eigenvalue weighted by molar-refractivity contribution is -0.114. The van der Waals surface area contributed by atoms with Crippen molar-refractivity contribution in [2.24, 2.45) is 0 Å². The Bertz CT molecular complexity index is 895. The molecule has 2 aromatic carbocycles. The van der Waals surface area contributed by atoms with E-state index in [0.29, 0.717) is 22.3 Å². The van der Waals surface area contributed by atoms with Gasteiger partial charge in [0.05, 0.1) is 0 Å². The van der Waals surface area contributed by atoms with Gasteiger partial charge in [0.25, 0.3) is 5.91 Å². The van der Waals surface area contributed by atoms with Gasteiger partial charge in [-0.25, -0.2) is 0 Å². The Morgan fingerprint density at radius 2 is 1.71 bits per heavy atom. The first kappa shape index (κ1) is 15.8. The van der Waals surface area contributed by atoms with Crippen LogP contribution in [-0.4, -0.2) is 11.8 Å². The van der Waals surface area contributed by atoms with Crippen molar-refractivity contribution in [2.75, 3.05) is 10.6 Å². The first-order chi connectivity index (χ1) is 11.6. The molecule has 2 N–H and O–H groups in total. The van der Waals surface area contributed by atoms with Gasteiger partial charge in [0.1, 0.15) is 11.3 Å². The van der Waals surface area contributed by atoms with Crippen molar-refractivity contribution in [1.82, 2.24) is 0 Å². The molecule has 0 aliphatic carbocycles. The normalized spacial score (nSPS) is 10.6. The summed E-state index contributed by atoms with van der Waals surface area (Å²) in [4.78, 5) is 24.1. The van der Waals surface area contributed by atoms with Gasteiger partial charge in [-0.05, 0) is 36.2 Å². The summed E-state index contributed by atoms with van der Waals surface area (Å²) < 4.78 is 5.65. The van der Waals surface area contributed by atoms with Crippen molar-refractivity contribution < 1.29 is 14.0 Å². The molecule has 0 saturated carbocycles. The third kappa shape index (κ3) is 3.15. The molecule has 3 rings (SSSR count). The minimum Gasteiger partial charge on any atom is -0.449 e. The monoisotopic (exact) mass is 322 g/mol. The fraction of sp³-hybridized carbons (Fsp3) is 0.158. The van der Waals surface area contributed by atoms with Crippen LogP contribution in [0.4, 0.5) is 11.4 Å². The topological polar surface area (TPSA) is 71.3 Å². The van der Waals surface area contributed by atoms with Crippen molar-refractivity contribution in [1.29, 1.82) is 0 Å². The van der Waals surface area contributed by atoms with Crippen molar-refractivity contribution in [3.8, 4) is 0 Å². The van der Waals surface area contributed by atoms with Crippen LogP contribution in [-0.2, 0) is 11.2 Å². The predicted octanol–water partition coefficient (Wildman–Crippen LogP) is 4.21. The Balaban J connectivity index is 1.94. The van der Waals surface area contributed by atoms with Crippen LogP contribution >= 0.6 is 0 Å². The molecule has 0 atom stereocenters. The highest BCUT2D eigenvalue weighted by Gasteiger charge is 2.21. The molecular weight excluding hydrogens is 304 g/mol. The molecule has 3 aromatic rings. The summed E-state index contributed by atoms with van der Waals surface area (Å²) in [6.07, 6.45) is 0.935. The molecule has 5 nitrogen and oxygen atoms in total. The van der Waals surface area contributed by atoms with Gasteiger partial charge in [-0.15, -0.1) is 0 Å². The summed E-state index contributed by atoms with van der Waals surface area (Å²) in [6.45, 7) is 3.47.